The number of anilines is 1. The van der Waals surface area contributed by atoms with E-state index in [-0.39, 0.29) is 29.5 Å². The second-order valence-corrected chi connectivity index (χ2v) is 12.9. The van der Waals surface area contributed by atoms with E-state index in [1.54, 1.807) is 30.3 Å². The number of sulfonamides is 1. The zero-order valence-corrected chi connectivity index (χ0v) is 27.8. The molecule has 0 saturated carbocycles. The summed E-state index contributed by atoms with van der Waals surface area (Å²) >= 11 is 3.49. The van der Waals surface area contributed by atoms with Gasteiger partial charge in [0.25, 0.3) is 10.0 Å². The Bertz CT molecular complexity index is 1700. The van der Waals surface area contributed by atoms with Gasteiger partial charge in [-0.3, -0.25) is 13.9 Å². The number of hydrogen-bond donors (Lipinski definition) is 1. The van der Waals surface area contributed by atoms with Crippen molar-refractivity contribution in [2.75, 3.05) is 31.6 Å². The first kappa shape index (κ1) is 33.5. The van der Waals surface area contributed by atoms with Gasteiger partial charge in [-0.1, -0.05) is 76.6 Å². The average Bonchev–Trinajstić information content (AvgIpc) is 3.05. The Labute approximate surface area is 273 Å². The molecule has 1 atom stereocenters. The van der Waals surface area contributed by atoms with Crippen LogP contribution in [0.25, 0.3) is 0 Å². The molecule has 0 heterocycles. The quantitative estimate of drug-likeness (QED) is 0.189. The summed E-state index contributed by atoms with van der Waals surface area (Å²) in [6.07, 6.45) is 0.230. The van der Waals surface area contributed by atoms with E-state index in [1.165, 1.54) is 37.3 Å². The highest BCUT2D eigenvalue weighted by Crippen LogP contribution is 2.34. The molecule has 1 unspecified atom stereocenters. The summed E-state index contributed by atoms with van der Waals surface area (Å²) in [5, 5.41) is 2.86. The fourth-order valence-corrected chi connectivity index (χ4v) is 6.78. The van der Waals surface area contributed by atoms with E-state index in [4.69, 9.17) is 9.47 Å². The average molecular weight is 695 g/mol. The van der Waals surface area contributed by atoms with Gasteiger partial charge in [0, 0.05) is 30.0 Å². The predicted octanol–water partition coefficient (Wildman–Crippen LogP) is 5.44. The summed E-state index contributed by atoms with van der Waals surface area (Å²) < 4.78 is 40.9. The van der Waals surface area contributed by atoms with E-state index in [1.807, 2.05) is 61.5 Å². The first-order valence-electron chi connectivity index (χ1n) is 14.3. The Hall–Kier alpha value is -4.35. The molecule has 4 rings (SSSR count). The van der Waals surface area contributed by atoms with E-state index < -0.39 is 28.5 Å². The number of methoxy groups -OCH3 is 2. The number of carbonyl (C=O) groups is 2. The van der Waals surface area contributed by atoms with Gasteiger partial charge in [-0.05, 0) is 54.4 Å². The number of rotatable bonds is 14. The number of nitrogens with zero attached hydrogens (tertiary/aromatic N) is 2. The van der Waals surface area contributed by atoms with Crippen LogP contribution in [0.5, 0.6) is 11.5 Å². The summed E-state index contributed by atoms with van der Waals surface area (Å²) in [6, 6.07) is 28.5. The lowest BCUT2D eigenvalue weighted by atomic mass is 10.0. The molecular weight excluding hydrogens is 658 g/mol. The molecule has 45 heavy (non-hydrogen) atoms. The number of nitrogens with one attached hydrogen (secondary N) is 1. The zero-order chi connectivity index (χ0) is 32.4. The smallest absolute Gasteiger partial charge is 0.264 e. The van der Waals surface area contributed by atoms with Crippen molar-refractivity contribution in [2.24, 2.45) is 0 Å². The van der Waals surface area contributed by atoms with Crippen molar-refractivity contribution < 1.29 is 27.5 Å². The molecule has 4 aromatic rings. The molecule has 0 aromatic heterocycles. The number of ether oxygens (including phenoxy) is 2. The third-order valence-electron chi connectivity index (χ3n) is 7.13. The summed E-state index contributed by atoms with van der Waals surface area (Å²) in [4.78, 5) is 29.5. The van der Waals surface area contributed by atoms with Gasteiger partial charge in [-0.15, -0.1) is 0 Å². The summed E-state index contributed by atoms with van der Waals surface area (Å²) in [7, 11) is -1.31. The van der Waals surface area contributed by atoms with Gasteiger partial charge >= 0.3 is 0 Å². The van der Waals surface area contributed by atoms with E-state index >= 15 is 0 Å². The second-order valence-electron chi connectivity index (χ2n) is 10.1. The molecule has 1 N–H and O–H groups in total. The van der Waals surface area contributed by atoms with Crippen LogP contribution in [0.2, 0.25) is 0 Å². The highest BCUT2D eigenvalue weighted by atomic mass is 79.9. The van der Waals surface area contributed by atoms with Crippen LogP contribution in [0.1, 0.15) is 18.1 Å². The standard InChI is InChI=1S/C34H36BrN3O6S/c1-4-36-34(40)30(21-25-12-7-5-8-13-25)37(23-26-14-11-15-27(35)20-26)33(39)24-38(45(41,42)29-16-9-6-10-17-29)28-18-19-31(43-2)32(22-28)44-3/h5-20,22,30H,4,21,23-24H2,1-3H3,(H,36,40). The monoisotopic (exact) mass is 693 g/mol. The number of halogens is 1. The second kappa shape index (κ2) is 15.6. The zero-order valence-electron chi connectivity index (χ0n) is 25.4. The number of carbonyl (C=O) groups excluding carboxylic acids is 2. The molecule has 0 radical (unpaired) electrons. The summed E-state index contributed by atoms with van der Waals surface area (Å²) in [5.74, 6) is -0.198. The minimum Gasteiger partial charge on any atom is -0.493 e. The molecule has 0 saturated heterocycles. The van der Waals surface area contributed by atoms with Crippen LogP contribution < -0.4 is 19.1 Å². The van der Waals surface area contributed by atoms with Gasteiger partial charge in [-0.2, -0.15) is 0 Å². The highest BCUT2D eigenvalue weighted by molar-refractivity contribution is 9.10. The highest BCUT2D eigenvalue weighted by Gasteiger charge is 2.34. The number of likely N-dealkylation sites (N-methyl/N-ethyl adjacent to an activating group) is 1. The molecule has 0 bridgehead atoms. The molecule has 236 valence electrons. The number of benzene rings is 4. The van der Waals surface area contributed by atoms with Gasteiger partial charge in [-0.25, -0.2) is 8.42 Å². The van der Waals surface area contributed by atoms with Gasteiger partial charge < -0.3 is 19.7 Å². The van der Waals surface area contributed by atoms with Gasteiger partial charge in [0.2, 0.25) is 11.8 Å². The van der Waals surface area contributed by atoms with E-state index in [0.29, 0.717) is 18.0 Å². The Balaban J connectivity index is 1.83. The van der Waals surface area contributed by atoms with Gasteiger partial charge in [0.05, 0.1) is 24.8 Å². The SMILES string of the molecule is CCNC(=O)C(Cc1ccccc1)N(Cc1cccc(Br)c1)C(=O)CN(c1ccc(OC)c(OC)c1)S(=O)(=O)c1ccccc1. The van der Waals surface area contributed by atoms with Crippen molar-refractivity contribution in [2.45, 2.75) is 30.8 Å². The van der Waals surface area contributed by atoms with Crippen molar-refractivity contribution in [3.05, 3.63) is 119 Å². The Kier molecular flexibility index (Phi) is 11.6. The largest absolute Gasteiger partial charge is 0.493 e. The molecule has 4 aromatic carbocycles. The lowest BCUT2D eigenvalue weighted by Gasteiger charge is -2.34. The fourth-order valence-electron chi connectivity index (χ4n) is 4.91. The molecule has 11 heteroatoms. The van der Waals surface area contributed by atoms with Crippen molar-refractivity contribution in [3.63, 3.8) is 0 Å². The van der Waals surface area contributed by atoms with E-state index in [0.717, 1.165) is 19.9 Å². The van der Waals surface area contributed by atoms with Crippen LogP contribution in [0.4, 0.5) is 5.69 Å². The van der Waals surface area contributed by atoms with Crippen molar-refractivity contribution in [3.8, 4) is 11.5 Å². The Morgan fingerprint density at radius 2 is 1.47 bits per heavy atom. The topological polar surface area (TPSA) is 105 Å². The van der Waals surface area contributed by atoms with E-state index in [9.17, 15) is 18.0 Å². The third-order valence-corrected chi connectivity index (χ3v) is 9.41. The summed E-state index contributed by atoms with van der Waals surface area (Å²) in [5.41, 5.74) is 1.82. The lowest BCUT2D eigenvalue weighted by Crippen LogP contribution is -2.53. The van der Waals surface area contributed by atoms with Crippen LogP contribution in [0.3, 0.4) is 0 Å². The van der Waals surface area contributed by atoms with Crippen LogP contribution in [-0.2, 0) is 32.6 Å². The Morgan fingerprint density at radius 1 is 0.822 bits per heavy atom. The molecule has 0 fully saturated rings. The van der Waals surface area contributed by atoms with Crippen LogP contribution in [-0.4, -0.2) is 58.5 Å². The van der Waals surface area contributed by atoms with Gasteiger partial charge in [0.1, 0.15) is 12.6 Å². The van der Waals surface area contributed by atoms with Crippen LogP contribution in [0.15, 0.2) is 112 Å². The predicted molar refractivity (Wildman–Crippen MR) is 178 cm³/mol. The Morgan fingerprint density at radius 3 is 2.09 bits per heavy atom. The molecule has 0 aliphatic carbocycles. The minimum atomic E-state index is -4.24. The fraction of sp³-hybridized carbons (Fsp3) is 0.235. The number of hydrogen-bond acceptors (Lipinski definition) is 6. The van der Waals surface area contributed by atoms with Crippen molar-refractivity contribution in [1.29, 1.82) is 0 Å². The van der Waals surface area contributed by atoms with E-state index in [2.05, 4.69) is 21.2 Å². The van der Waals surface area contributed by atoms with Gasteiger partial charge in [0.15, 0.2) is 11.5 Å². The summed E-state index contributed by atoms with van der Waals surface area (Å²) in [6.45, 7) is 1.66. The first-order valence-corrected chi connectivity index (χ1v) is 16.6. The molecular formula is C34H36BrN3O6S. The maximum Gasteiger partial charge on any atom is 0.264 e. The lowest BCUT2D eigenvalue weighted by molar-refractivity contribution is -0.140. The third kappa shape index (κ3) is 8.43. The molecule has 9 nitrogen and oxygen atoms in total. The van der Waals surface area contributed by atoms with Crippen LogP contribution in [0, 0.1) is 0 Å². The first-order chi connectivity index (χ1) is 21.7. The van der Waals surface area contributed by atoms with Crippen LogP contribution >= 0.6 is 15.9 Å². The minimum absolute atomic E-state index is 0.00989. The normalized spacial score (nSPS) is 11.7. The van der Waals surface area contributed by atoms with Crippen molar-refractivity contribution in [1.82, 2.24) is 10.2 Å². The molecule has 2 amide bonds. The van der Waals surface area contributed by atoms with Crippen molar-refractivity contribution >= 4 is 43.5 Å². The molecule has 0 aliphatic rings. The maximum absolute atomic E-state index is 14.5. The molecule has 0 aliphatic heterocycles. The number of amides is 2. The maximum atomic E-state index is 14.5. The molecule has 0 spiro atoms.